The number of amidine groups is 1. The molecule has 1 amide bonds. The summed E-state index contributed by atoms with van der Waals surface area (Å²) in [5.41, 5.74) is 6.40. The average Bonchev–Trinajstić information content (AvgIpc) is 2.25. The van der Waals surface area contributed by atoms with Crippen molar-refractivity contribution in [3.05, 3.63) is 27.7 Å². The number of carbonyl (C=O) groups is 1. The highest BCUT2D eigenvalue weighted by Crippen LogP contribution is 2.28. The summed E-state index contributed by atoms with van der Waals surface area (Å²) in [5.74, 6) is -0.626. The smallest absolute Gasteiger partial charge is 0.232 e. The van der Waals surface area contributed by atoms with Gasteiger partial charge in [0, 0.05) is 5.02 Å². The molecule has 5 nitrogen and oxygen atoms in total. The van der Waals surface area contributed by atoms with E-state index in [0.717, 1.165) is 5.56 Å². The third kappa shape index (κ3) is 3.80. The van der Waals surface area contributed by atoms with Crippen molar-refractivity contribution in [3.63, 3.8) is 0 Å². The van der Waals surface area contributed by atoms with Crippen LogP contribution in [0.1, 0.15) is 12.0 Å². The van der Waals surface area contributed by atoms with E-state index in [9.17, 15) is 4.79 Å². The zero-order valence-electron chi connectivity index (χ0n) is 9.00. The first kappa shape index (κ1) is 13.6. The topological polar surface area (TPSA) is 87.7 Å². The van der Waals surface area contributed by atoms with Crippen molar-refractivity contribution in [3.8, 4) is 0 Å². The summed E-state index contributed by atoms with van der Waals surface area (Å²) in [7, 11) is 0. The van der Waals surface area contributed by atoms with Crippen LogP contribution in [0, 0.1) is 6.92 Å². The lowest BCUT2D eigenvalue weighted by molar-refractivity contribution is -0.115. The quantitative estimate of drug-likeness (QED) is 0.343. The van der Waals surface area contributed by atoms with Crippen molar-refractivity contribution >= 4 is 40.6 Å². The van der Waals surface area contributed by atoms with Crippen LogP contribution in [0.4, 0.5) is 5.69 Å². The van der Waals surface area contributed by atoms with Crippen LogP contribution < -0.4 is 11.1 Å². The van der Waals surface area contributed by atoms with Crippen LogP contribution in [0.3, 0.4) is 0 Å². The summed E-state index contributed by atoms with van der Waals surface area (Å²) in [4.78, 5) is 11.4. The minimum absolute atomic E-state index is 0.183. The predicted molar refractivity (Wildman–Crippen MR) is 67.9 cm³/mol. The molecule has 0 aliphatic rings. The van der Waals surface area contributed by atoms with Gasteiger partial charge in [-0.15, -0.1) is 0 Å². The first-order chi connectivity index (χ1) is 7.93. The fourth-order valence-electron chi connectivity index (χ4n) is 1.14. The Kier molecular flexibility index (Phi) is 4.60. The van der Waals surface area contributed by atoms with Gasteiger partial charge in [0.05, 0.1) is 17.1 Å². The zero-order valence-corrected chi connectivity index (χ0v) is 10.5. The number of halogens is 2. The normalized spacial score (nSPS) is 11.4. The molecule has 0 atom stereocenters. The third-order valence-corrected chi connectivity index (χ3v) is 2.71. The molecule has 0 aliphatic heterocycles. The third-order valence-electron chi connectivity index (χ3n) is 1.99. The van der Waals surface area contributed by atoms with Crippen LogP contribution in [0.25, 0.3) is 0 Å². The number of hydrogen-bond acceptors (Lipinski definition) is 3. The van der Waals surface area contributed by atoms with Gasteiger partial charge < -0.3 is 16.3 Å². The van der Waals surface area contributed by atoms with Crippen molar-refractivity contribution in [2.24, 2.45) is 10.9 Å². The molecule has 0 bridgehead atoms. The Morgan fingerprint density at radius 1 is 1.47 bits per heavy atom. The van der Waals surface area contributed by atoms with Crippen molar-refractivity contribution in [2.75, 3.05) is 5.32 Å². The fourth-order valence-corrected chi connectivity index (χ4v) is 1.57. The number of nitrogens with zero attached hydrogens (tertiary/aromatic N) is 1. The van der Waals surface area contributed by atoms with E-state index in [0.29, 0.717) is 15.7 Å². The maximum Gasteiger partial charge on any atom is 0.232 e. The lowest BCUT2D eigenvalue weighted by Gasteiger charge is -2.08. The van der Waals surface area contributed by atoms with Gasteiger partial charge in [-0.1, -0.05) is 28.4 Å². The lowest BCUT2D eigenvalue weighted by atomic mass is 10.2. The number of carbonyl (C=O) groups excluding carboxylic acids is 1. The Bertz CT molecular complexity index is 475. The second-order valence-electron chi connectivity index (χ2n) is 3.40. The molecule has 0 spiro atoms. The first-order valence-electron chi connectivity index (χ1n) is 4.66. The van der Waals surface area contributed by atoms with Gasteiger partial charge in [-0.25, -0.2) is 0 Å². The summed E-state index contributed by atoms with van der Waals surface area (Å²) in [6, 6.07) is 3.19. The van der Waals surface area contributed by atoms with E-state index in [1.165, 1.54) is 0 Å². The van der Waals surface area contributed by atoms with E-state index in [-0.39, 0.29) is 12.3 Å². The van der Waals surface area contributed by atoms with Crippen molar-refractivity contribution in [1.82, 2.24) is 0 Å². The number of anilines is 1. The second-order valence-corrected chi connectivity index (χ2v) is 4.21. The van der Waals surface area contributed by atoms with E-state index < -0.39 is 5.91 Å². The molecule has 0 saturated carbocycles. The number of nitrogens with two attached hydrogens (primary N) is 1. The fraction of sp³-hybridized carbons (Fsp3) is 0.200. The molecule has 7 heteroatoms. The van der Waals surface area contributed by atoms with Crippen molar-refractivity contribution < 1.29 is 10.0 Å². The zero-order chi connectivity index (χ0) is 13.0. The van der Waals surface area contributed by atoms with E-state index in [4.69, 9.17) is 34.1 Å². The van der Waals surface area contributed by atoms with Gasteiger partial charge in [0.1, 0.15) is 5.84 Å². The summed E-state index contributed by atoms with van der Waals surface area (Å²) < 4.78 is 0. The summed E-state index contributed by atoms with van der Waals surface area (Å²) in [6.45, 7) is 1.80. The highest BCUT2D eigenvalue weighted by atomic mass is 35.5. The van der Waals surface area contributed by atoms with Crippen LogP contribution in [0.2, 0.25) is 10.0 Å². The van der Waals surface area contributed by atoms with Crippen LogP contribution in [0.5, 0.6) is 0 Å². The molecule has 1 aromatic carbocycles. The van der Waals surface area contributed by atoms with E-state index in [1.807, 2.05) is 0 Å². The predicted octanol–water partition coefficient (Wildman–Crippen LogP) is 2.38. The highest BCUT2D eigenvalue weighted by Gasteiger charge is 2.10. The number of benzene rings is 1. The number of oxime groups is 1. The highest BCUT2D eigenvalue weighted by molar-refractivity contribution is 6.36. The first-order valence-corrected chi connectivity index (χ1v) is 5.41. The van der Waals surface area contributed by atoms with Crippen molar-refractivity contribution in [2.45, 2.75) is 13.3 Å². The molecule has 0 heterocycles. The minimum Gasteiger partial charge on any atom is -0.409 e. The van der Waals surface area contributed by atoms with Crippen molar-refractivity contribution in [1.29, 1.82) is 0 Å². The number of nitrogens with one attached hydrogen (secondary N) is 1. The van der Waals surface area contributed by atoms with Gasteiger partial charge in [0.25, 0.3) is 0 Å². The molecule has 4 N–H and O–H groups in total. The minimum atomic E-state index is -0.442. The SMILES string of the molecule is Cc1cc(Cl)c(NC(=O)C/C(N)=N/O)cc1Cl. The van der Waals surface area contributed by atoms with Gasteiger partial charge >= 0.3 is 0 Å². The summed E-state index contributed by atoms with van der Waals surface area (Å²) in [5, 5.41) is 14.4. The van der Waals surface area contributed by atoms with Crippen LogP contribution in [-0.2, 0) is 4.79 Å². The molecule has 0 unspecified atom stereocenters. The lowest BCUT2D eigenvalue weighted by Crippen LogP contribution is -2.22. The molecule has 0 aromatic heterocycles. The molecular formula is C10H11Cl2N3O2. The Labute approximate surface area is 108 Å². The van der Waals surface area contributed by atoms with E-state index in [2.05, 4.69) is 10.5 Å². The van der Waals surface area contributed by atoms with E-state index >= 15 is 0 Å². The molecule has 17 heavy (non-hydrogen) atoms. The summed E-state index contributed by atoms with van der Waals surface area (Å²) >= 11 is 11.8. The van der Waals surface area contributed by atoms with Crippen LogP contribution in [0.15, 0.2) is 17.3 Å². The van der Waals surface area contributed by atoms with Crippen LogP contribution in [-0.4, -0.2) is 17.0 Å². The maximum atomic E-state index is 11.4. The Morgan fingerprint density at radius 2 is 2.12 bits per heavy atom. The molecule has 0 fully saturated rings. The van der Waals surface area contributed by atoms with Gasteiger partial charge in [0.2, 0.25) is 5.91 Å². The molecule has 0 saturated heterocycles. The van der Waals surface area contributed by atoms with E-state index in [1.54, 1.807) is 19.1 Å². The largest absolute Gasteiger partial charge is 0.409 e. The summed E-state index contributed by atoms with van der Waals surface area (Å²) in [6.07, 6.45) is -0.224. The Hall–Kier alpha value is -1.46. The van der Waals surface area contributed by atoms with Crippen LogP contribution >= 0.6 is 23.2 Å². The monoisotopic (exact) mass is 275 g/mol. The van der Waals surface area contributed by atoms with Gasteiger partial charge in [0.15, 0.2) is 0 Å². The average molecular weight is 276 g/mol. The van der Waals surface area contributed by atoms with Gasteiger partial charge in [-0.05, 0) is 24.6 Å². The number of rotatable bonds is 3. The molecule has 0 aliphatic carbocycles. The Morgan fingerprint density at radius 3 is 2.71 bits per heavy atom. The Balaban J connectivity index is 2.82. The molecular weight excluding hydrogens is 265 g/mol. The molecule has 92 valence electrons. The number of aryl methyl sites for hydroxylation is 1. The standard InChI is InChI=1S/C10H11Cl2N3O2/c1-5-2-7(12)8(3-6(5)11)14-10(16)4-9(13)15-17/h2-3,17H,4H2,1H3,(H2,13,15)(H,14,16). The van der Waals surface area contributed by atoms with Gasteiger partial charge in [-0.3, -0.25) is 4.79 Å². The molecule has 0 radical (unpaired) electrons. The number of amides is 1. The molecule has 1 aromatic rings. The van der Waals surface area contributed by atoms with Gasteiger partial charge in [-0.2, -0.15) is 0 Å². The second kappa shape index (κ2) is 5.75. The number of hydrogen-bond donors (Lipinski definition) is 3. The molecule has 1 rings (SSSR count). The maximum absolute atomic E-state index is 11.4.